The van der Waals surface area contributed by atoms with Gasteiger partial charge in [0.05, 0.1) is 23.4 Å². The molecule has 0 fully saturated rings. The lowest BCUT2D eigenvalue weighted by molar-refractivity contribution is 0.0600. The standard InChI is InChI=1S/C18H21ClN2O4S/c1-20(2)11-12-21(15-7-5-4-6-8-15)26(23,24)17-13-14(18(22)25-3)9-10-16(17)19/h4-10,13H,11-12H2,1-3H3. The molecule has 0 unspecified atom stereocenters. The van der Waals surface area contributed by atoms with Crippen LogP contribution in [-0.2, 0) is 14.8 Å². The van der Waals surface area contributed by atoms with E-state index in [9.17, 15) is 13.2 Å². The zero-order chi connectivity index (χ0) is 19.3. The first-order chi connectivity index (χ1) is 12.3. The van der Waals surface area contributed by atoms with Crippen molar-refractivity contribution in [2.24, 2.45) is 0 Å². The van der Waals surface area contributed by atoms with Crippen molar-refractivity contribution in [2.75, 3.05) is 38.6 Å². The fourth-order valence-corrected chi connectivity index (χ4v) is 4.30. The monoisotopic (exact) mass is 396 g/mol. The molecule has 2 aromatic rings. The lowest BCUT2D eigenvalue weighted by Crippen LogP contribution is -2.37. The van der Waals surface area contributed by atoms with Gasteiger partial charge in [-0.25, -0.2) is 13.2 Å². The van der Waals surface area contributed by atoms with Crippen LogP contribution in [-0.4, -0.2) is 53.6 Å². The number of carbonyl (C=O) groups is 1. The summed E-state index contributed by atoms with van der Waals surface area (Å²) < 4.78 is 32.6. The van der Waals surface area contributed by atoms with E-state index >= 15 is 0 Å². The van der Waals surface area contributed by atoms with E-state index in [4.69, 9.17) is 11.6 Å². The summed E-state index contributed by atoms with van der Waals surface area (Å²) >= 11 is 6.15. The molecule has 6 nitrogen and oxygen atoms in total. The van der Waals surface area contributed by atoms with E-state index in [-0.39, 0.29) is 22.0 Å². The van der Waals surface area contributed by atoms with E-state index < -0.39 is 16.0 Å². The molecule has 26 heavy (non-hydrogen) atoms. The topological polar surface area (TPSA) is 66.9 Å². The highest BCUT2D eigenvalue weighted by molar-refractivity contribution is 7.93. The van der Waals surface area contributed by atoms with Crippen molar-refractivity contribution in [2.45, 2.75) is 4.90 Å². The van der Waals surface area contributed by atoms with Gasteiger partial charge in [-0.15, -0.1) is 0 Å². The Balaban J connectivity index is 2.54. The largest absolute Gasteiger partial charge is 0.465 e. The Morgan fingerprint density at radius 3 is 2.31 bits per heavy atom. The van der Waals surface area contributed by atoms with Crippen LogP contribution in [0.2, 0.25) is 5.02 Å². The van der Waals surface area contributed by atoms with Crippen molar-refractivity contribution in [1.29, 1.82) is 0 Å². The van der Waals surface area contributed by atoms with E-state index in [0.717, 1.165) is 0 Å². The molecule has 0 saturated carbocycles. The van der Waals surface area contributed by atoms with Crippen LogP contribution in [0.3, 0.4) is 0 Å². The van der Waals surface area contributed by atoms with Crippen LogP contribution < -0.4 is 4.31 Å². The van der Waals surface area contributed by atoms with Gasteiger partial charge in [-0.3, -0.25) is 4.31 Å². The predicted octanol–water partition coefficient (Wildman–Crippen LogP) is 2.88. The first-order valence-corrected chi connectivity index (χ1v) is 9.69. The van der Waals surface area contributed by atoms with E-state index in [0.29, 0.717) is 12.2 Å². The number of anilines is 1. The molecule has 0 radical (unpaired) electrons. The molecule has 2 aromatic carbocycles. The Morgan fingerprint density at radius 2 is 1.73 bits per heavy atom. The summed E-state index contributed by atoms with van der Waals surface area (Å²) in [6, 6.07) is 12.8. The molecule has 0 aliphatic carbocycles. The number of rotatable bonds is 7. The minimum Gasteiger partial charge on any atom is -0.465 e. The number of nitrogens with zero attached hydrogens (tertiary/aromatic N) is 2. The quantitative estimate of drug-likeness (QED) is 0.673. The molecular weight excluding hydrogens is 376 g/mol. The maximum absolute atomic E-state index is 13.3. The molecule has 0 spiro atoms. The van der Waals surface area contributed by atoms with Crippen molar-refractivity contribution in [1.82, 2.24) is 4.90 Å². The average Bonchev–Trinajstić information content (AvgIpc) is 2.62. The molecule has 0 aliphatic rings. The lowest BCUT2D eigenvalue weighted by atomic mass is 10.2. The molecule has 0 heterocycles. The van der Waals surface area contributed by atoms with Crippen molar-refractivity contribution >= 4 is 33.3 Å². The molecule has 0 bridgehead atoms. The van der Waals surface area contributed by atoms with Crippen molar-refractivity contribution in [3.05, 3.63) is 59.1 Å². The molecule has 0 N–H and O–H groups in total. The summed E-state index contributed by atoms with van der Waals surface area (Å²) in [7, 11) is 0.980. The Morgan fingerprint density at radius 1 is 1.08 bits per heavy atom. The normalized spacial score (nSPS) is 11.4. The fourth-order valence-electron chi connectivity index (χ4n) is 2.34. The Bertz CT molecular complexity index is 870. The van der Waals surface area contributed by atoms with Gasteiger partial charge in [-0.2, -0.15) is 0 Å². The highest BCUT2D eigenvalue weighted by Gasteiger charge is 2.28. The predicted molar refractivity (Wildman–Crippen MR) is 102 cm³/mol. The third kappa shape index (κ3) is 4.55. The van der Waals surface area contributed by atoms with Gasteiger partial charge in [0.2, 0.25) is 0 Å². The molecule has 2 rings (SSSR count). The molecule has 0 aliphatic heterocycles. The third-order valence-electron chi connectivity index (χ3n) is 3.71. The van der Waals surface area contributed by atoms with Crippen molar-refractivity contribution in [3.8, 4) is 0 Å². The Kier molecular flexibility index (Phi) is 6.63. The molecular formula is C18H21ClN2O4S. The van der Waals surface area contributed by atoms with Crippen LogP contribution in [0.5, 0.6) is 0 Å². The van der Waals surface area contributed by atoms with Crippen LogP contribution >= 0.6 is 11.6 Å². The number of ether oxygens (including phenoxy) is 1. The number of hydrogen-bond donors (Lipinski definition) is 0. The zero-order valence-electron chi connectivity index (χ0n) is 14.8. The summed E-state index contributed by atoms with van der Waals surface area (Å²) in [5, 5.41) is 0.0448. The second-order valence-electron chi connectivity index (χ2n) is 5.85. The number of para-hydroxylation sites is 1. The minimum absolute atomic E-state index is 0.0448. The third-order valence-corrected chi connectivity index (χ3v) is 6.02. The molecule has 0 aromatic heterocycles. The van der Waals surface area contributed by atoms with Crippen LogP contribution in [0.25, 0.3) is 0 Å². The van der Waals surface area contributed by atoms with Crippen LogP contribution in [0.4, 0.5) is 5.69 Å². The summed E-state index contributed by atoms with van der Waals surface area (Å²) in [4.78, 5) is 13.5. The summed E-state index contributed by atoms with van der Waals surface area (Å²) in [6.07, 6.45) is 0. The number of benzene rings is 2. The second-order valence-corrected chi connectivity index (χ2v) is 8.09. The number of carbonyl (C=O) groups excluding carboxylic acids is 1. The molecule has 8 heteroatoms. The SMILES string of the molecule is COC(=O)c1ccc(Cl)c(S(=O)(=O)N(CCN(C)C)c2ccccc2)c1. The molecule has 0 atom stereocenters. The minimum atomic E-state index is -3.98. The van der Waals surface area contributed by atoms with Crippen LogP contribution in [0.15, 0.2) is 53.4 Å². The first-order valence-electron chi connectivity index (χ1n) is 7.87. The van der Waals surface area contributed by atoms with Crippen LogP contribution in [0.1, 0.15) is 10.4 Å². The van der Waals surface area contributed by atoms with Gasteiger partial charge in [0.25, 0.3) is 10.0 Å². The summed E-state index contributed by atoms with van der Waals surface area (Å²) in [5.74, 6) is -0.627. The second kappa shape index (κ2) is 8.53. The zero-order valence-corrected chi connectivity index (χ0v) is 16.4. The Hall–Kier alpha value is -2.09. The first kappa shape index (κ1) is 20.2. The summed E-state index contributed by atoms with van der Waals surface area (Å²) in [6.45, 7) is 0.751. The average molecular weight is 397 g/mol. The Labute approximate surface area is 159 Å². The van der Waals surface area contributed by atoms with Gasteiger partial charge >= 0.3 is 5.97 Å². The highest BCUT2D eigenvalue weighted by atomic mass is 35.5. The number of methoxy groups -OCH3 is 1. The van der Waals surface area contributed by atoms with Crippen LogP contribution in [0, 0.1) is 0 Å². The highest BCUT2D eigenvalue weighted by Crippen LogP contribution is 2.29. The number of esters is 1. The molecule has 140 valence electrons. The van der Waals surface area contributed by atoms with E-state index in [1.165, 1.54) is 29.6 Å². The summed E-state index contributed by atoms with van der Waals surface area (Å²) in [5.41, 5.74) is 0.644. The number of hydrogen-bond acceptors (Lipinski definition) is 5. The van der Waals surface area contributed by atoms with Gasteiger partial charge in [-0.05, 0) is 44.4 Å². The fraction of sp³-hybridized carbons (Fsp3) is 0.278. The van der Waals surface area contributed by atoms with Gasteiger partial charge in [0.1, 0.15) is 4.90 Å². The number of likely N-dealkylation sites (N-methyl/N-ethyl adjacent to an activating group) is 1. The van der Waals surface area contributed by atoms with E-state index in [2.05, 4.69) is 4.74 Å². The molecule has 0 amide bonds. The van der Waals surface area contributed by atoms with E-state index in [1.807, 2.05) is 25.1 Å². The maximum atomic E-state index is 13.3. The smallest absolute Gasteiger partial charge is 0.337 e. The lowest BCUT2D eigenvalue weighted by Gasteiger charge is -2.26. The maximum Gasteiger partial charge on any atom is 0.337 e. The van der Waals surface area contributed by atoms with Gasteiger partial charge in [0, 0.05) is 13.1 Å². The van der Waals surface area contributed by atoms with Crippen molar-refractivity contribution < 1.29 is 17.9 Å². The van der Waals surface area contributed by atoms with Gasteiger partial charge < -0.3 is 9.64 Å². The van der Waals surface area contributed by atoms with E-state index in [1.54, 1.807) is 24.3 Å². The number of halogens is 1. The van der Waals surface area contributed by atoms with Gasteiger partial charge in [0.15, 0.2) is 0 Å². The van der Waals surface area contributed by atoms with Gasteiger partial charge in [-0.1, -0.05) is 29.8 Å². The number of sulfonamides is 1. The molecule has 0 saturated heterocycles. The van der Waals surface area contributed by atoms with Crippen molar-refractivity contribution in [3.63, 3.8) is 0 Å².